The Morgan fingerprint density at radius 2 is 1.95 bits per heavy atom. The number of nitrogens with one attached hydrogen (secondary N) is 1. The van der Waals surface area contributed by atoms with E-state index in [0.717, 1.165) is 42.8 Å². The fourth-order valence-electron chi connectivity index (χ4n) is 2.66. The van der Waals surface area contributed by atoms with Crippen molar-refractivity contribution in [3.05, 3.63) is 35.9 Å². The van der Waals surface area contributed by atoms with E-state index in [-0.39, 0.29) is 5.97 Å². The summed E-state index contributed by atoms with van der Waals surface area (Å²) in [5.41, 5.74) is 2.13. The predicted molar refractivity (Wildman–Crippen MR) is 83.2 cm³/mol. The standard InChI is InChI=1S/C17H23NO3/c1-3-21-17(19)12-16(14-8-10-18-11-9-14)13-4-6-15(20-2)7-5-13/h4-7,12,14,18H,3,8-11H2,1-2H3. The molecule has 1 aliphatic heterocycles. The van der Waals surface area contributed by atoms with Gasteiger partial charge in [0, 0.05) is 6.08 Å². The van der Waals surface area contributed by atoms with Crippen molar-refractivity contribution in [2.45, 2.75) is 19.8 Å². The monoisotopic (exact) mass is 289 g/mol. The molecule has 114 valence electrons. The minimum absolute atomic E-state index is 0.262. The van der Waals surface area contributed by atoms with E-state index in [1.165, 1.54) is 0 Å². The zero-order valence-electron chi connectivity index (χ0n) is 12.7. The molecular formula is C17H23NO3. The summed E-state index contributed by atoms with van der Waals surface area (Å²) in [7, 11) is 1.65. The van der Waals surface area contributed by atoms with Crippen LogP contribution in [0.3, 0.4) is 0 Å². The number of carbonyl (C=O) groups excluding carboxylic acids is 1. The van der Waals surface area contributed by atoms with Crippen LogP contribution in [0.1, 0.15) is 25.3 Å². The first-order valence-electron chi connectivity index (χ1n) is 7.48. The first-order valence-corrected chi connectivity index (χ1v) is 7.48. The number of piperidine rings is 1. The van der Waals surface area contributed by atoms with Crippen LogP contribution in [0.15, 0.2) is 30.3 Å². The highest BCUT2D eigenvalue weighted by Crippen LogP contribution is 2.31. The Morgan fingerprint density at radius 1 is 1.29 bits per heavy atom. The number of esters is 1. The van der Waals surface area contributed by atoms with E-state index in [2.05, 4.69) is 5.32 Å². The maximum absolute atomic E-state index is 11.9. The molecular weight excluding hydrogens is 266 g/mol. The van der Waals surface area contributed by atoms with E-state index in [4.69, 9.17) is 9.47 Å². The van der Waals surface area contributed by atoms with Crippen molar-refractivity contribution >= 4 is 11.5 Å². The number of carbonyl (C=O) groups is 1. The Kier molecular flexibility index (Phi) is 5.81. The minimum atomic E-state index is -0.262. The van der Waals surface area contributed by atoms with Gasteiger partial charge in [0.1, 0.15) is 5.75 Å². The number of benzene rings is 1. The van der Waals surface area contributed by atoms with Crippen LogP contribution in [0.2, 0.25) is 0 Å². The largest absolute Gasteiger partial charge is 0.497 e. The van der Waals surface area contributed by atoms with E-state index in [1.807, 2.05) is 31.2 Å². The summed E-state index contributed by atoms with van der Waals surface area (Å²) in [6.45, 7) is 4.20. The van der Waals surface area contributed by atoms with Gasteiger partial charge in [0.2, 0.25) is 0 Å². The van der Waals surface area contributed by atoms with Gasteiger partial charge in [0.15, 0.2) is 0 Å². The predicted octanol–water partition coefficient (Wildman–Crippen LogP) is 2.64. The van der Waals surface area contributed by atoms with E-state index < -0.39 is 0 Å². The van der Waals surface area contributed by atoms with E-state index >= 15 is 0 Å². The first kappa shape index (κ1) is 15.6. The zero-order chi connectivity index (χ0) is 15.1. The first-order chi connectivity index (χ1) is 10.2. The number of hydrogen-bond acceptors (Lipinski definition) is 4. The highest BCUT2D eigenvalue weighted by molar-refractivity contribution is 5.92. The smallest absolute Gasteiger partial charge is 0.331 e. The Morgan fingerprint density at radius 3 is 2.52 bits per heavy atom. The molecule has 4 heteroatoms. The number of methoxy groups -OCH3 is 1. The third kappa shape index (κ3) is 4.33. The van der Waals surface area contributed by atoms with Gasteiger partial charge in [-0.05, 0) is 62.0 Å². The number of rotatable bonds is 5. The third-order valence-corrected chi connectivity index (χ3v) is 3.76. The quantitative estimate of drug-likeness (QED) is 0.668. The summed E-state index contributed by atoms with van der Waals surface area (Å²) in [6, 6.07) is 7.86. The second-order valence-corrected chi connectivity index (χ2v) is 5.10. The molecule has 0 aromatic heterocycles. The lowest BCUT2D eigenvalue weighted by molar-refractivity contribution is -0.137. The topological polar surface area (TPSA) is 47.6 Å². The van der Waals surface area contributed by atoms with Gasteiger partial charge in [0.05, 0.1) is 13.7 Å². The average Bonchev–Trinajstić information content (AvgIpc) is 2.54. The summed E-state index contributed by atoms with van der Waals surface area (Å²) in [6.07, 6.45) is 3.73. The fourth-order valence-corrected chi connectivity index (χ4v) is 2.66. The van der Waals surface area contributed by atoms with Gasteiger partial charge >= 0.3 is 5.97 Å². The molecule has 0 saturated carbocycles. The SMILES string of the molecule is CCOC(=O)C=C(c1ccc(OC)cc1)C1CCNCC1. The maximum atomic E-state index is 11.9. The number of allylic oxidation sites excluding steroid dienone is 1. The van der Waals surface area contributed by atoms with Crippen LogP contribution in [0.4, 0.5) is 0 Å². The molecule has 0 radical (unpaired) electrons. The fraction of sp³-hybridized carbons (Fsp3) is 0.471. The van der Waals surface area contributed by atoms with Crippen LogP contribution in [-0.2, 0) is 9.53 Å². The molecule has 0 spiro atoms. The summed E-state index contributed by atoms with van der Waals surface area (Å²) in [5, 5.41) is 3.35. The lowest BCUT2D eigenvalue weighted by atomic mass is 9.85. The van der Waals surface area contributed by atoms with Crippen molar-refractivity contribution in [2.24, 2.45) is 5.92 Å². The van der Waals surface area contributed by atoms with Crippen LogP contribution < -0.4 is 10.1 Å². The minimum Gasteiger partial charge on any atom is -0.497 e. The van der Waals surface area contributed by atoms with Gasteiger partial charge in [-0.15, -0.1) is 0 Å². The lowest BCUT2D eigenvalue weighted by Crippen LogP contribution is -2.28. The van der Waals surface area contributed by atoms with Crippen molar-refractivity contribution in [2.75, 3.05) is 26.8 Å². The van der Waals surface area contributed by atoms with Crippen LogP contribution >= 0.6 is 0 Å². The van der Waals surface area contributed by atoms with Gasteiger partial charge < -0.3 is 14.8 Å². The van der Waals surface area contributed by atoms with Crippen LogP contribution in [0.5, 0.6) is 5.75 Å². The van der Waals surface area contributed by atoms with E-state index in [9.17, 15) is 4.79 Å². The Hall–Kier alpha value is -1.81. The third-order valence-electron chi connectivity index (χ3n) is 3.76. The Labute approximate surface area is 126 Å². The van der Waals surface area contributed by atoms with Crippen LogP contribution in [0.25, 0.3) is 5.57 Å². The second-order valence-electron chi connectivity index (χ2n) is 5.10. The molecule has 1 aromatic carbocycles. The van der Waals surface area contributed by atoms with Gasteiger partial charge in [0.25, 0.3) is 0 Å². The van der Waals surface area contributed by atoms with Gasteiger partial charge in [-0.2, -0.15) is 0 Å². The molecule has 0 aliphatic carbocycles. The number of hydrogen-bond donors (Lipinski definition) is 1. The summed E-state index contributed by atoms with van der Waals surface area (Å²) < 4.78 is 10.3. The maximum Gasteiger partial charge on any atom is 0.331 e. The van der Waals surface area contributed by atoms with Gasteiger partial charge in [-0.25, -0.2) is 4.79 Å². The molecule has 1 fully saturated rings. The van der Waals surface area contributed by atoms with Gasteiger partial charge in [-0.3, -0.25) is 0 Å². The van der Waals surface area contributed by atoms with Crippen molar-refractivity contribution in [1.82, 2.24) is 5.32 Å². The molecule has 0 amide bonds. The van der Waals surface area contributed by atoms with Crippen molar-refractivity contribution < 1.29 is 14.3 Å². The molecule has 0 unspecified atom stereocenters. The van der Waals surface area contributed by atoms with Crippen molar-refractivity contribution in [1.29, 1.82) is 0 Å². The molecule has 0 atom stereocenters. The lowest BCUT2D eigenvalue weighted by Gasteiger charge is -2.25. The van der Waals surface area contributed by atoms with Crippen LogP contribution in [0, 0.1) is 5.92 Å². The van der Waals surface area contributed by atoms with Crippen molar-refractivity contribution in [3.63, 3.8) is 0 Å². The molecule has 1 aromatic rings. The molecule has 21 heavy (non-hydrogen) atoms. The normalized spacial score (nSPS) is 16.6. The van der Waals surface area contributed by atoms with E-state index in [1.54, 1.807) is 13.2 Å². The Balaban J connectivity index is 2.26. The zero-order valence-corrected chi connectivity index (χ0v) is 12.7. The second kappa shape index (κ2) is 7.84. The Bertz CT molecular complexity index is 487. The summed E-state index contributed by atoms with van der Waals surface area (Å²) in [4.78, 5) is 11.9. The van der Waals surface area contributed by atoms with Gasteiger partial charge in [-0.1, -0.05) is 12.1 Å². The van der Waals surface area contributed by atoms with Crippen molar-refractivity contribution in [3.8, 4) is 5.75 Å². The molecule has 0 bridgehead atoms. The summed E-state index contributed by atoms with van der Waals surface area (Å²) in [5.74, 6) is 0.949. The molecule has 1 aliphatic rings. The molecule has 1 N–H and O–H groups in total. The van der Waals surface area contributed by atoms with Crippen LogP contribution in [-0.4, -0.2) is 32.8 Å². The highest BCUT2D eigenvalue weighted by atomic mass is 16.5. The molecule has 4 nitrogen and oxygen atoms in total. The molecule has 1 saturated heterocycles. The highest BCUT2D eigenvalue weighted by Gasteiger charge is 2.20. The number of ether oxygens (including phenoxy) is 2. The summed E-state index contributed by atoms with van der Waals surface area (Å²) >= 11 is 0. The van der Waals surface area contributed by atoms with E-state index in [0.29, 0.717) is 12.5 Å². The molecule has 2 rings (SSSR count). The molecule has 1 heterocycles. The average molecular weight is 289 g/mol.